The van der Waals surface area contributed by atoms with E-state index in [4.69, 9.17) is 9.94 Å². The van der Waals surface area contributed by atoms with Gasteiger partial charge in [-0.2, -0.15) is 4.72 Å². The lowest BCUT2D eigenvalue weighted by Crippen LogP contribution is -2.47. The van der Waals surface area contributed by atoms with Crippen LogP contribution in [-0.2, 0) is 21.2 Å². The summed E-state index contributed by atoms with van der Waals surface area (Å²) in [6, 6.07) is 21.2. The maximum atomic E-state index is 12.9. The molecule has 4 N–H and O–H groups in total. The van der Waals surface area contributed by atoms with Gasteiger partial charge >= 0.3 is 0 Å². The van der Waals surface area contributed by atoms with Crippen molar-refractivity contribution >= 4 is 26.8 Å². The summed E-state index contributed by atoms with van der Waals surface area (Å²) in [5.74, 6) is 0.237. The molecule has 3 aromatic carbocycles. The number of carbonyl (C=O) groups is 1. The molecule has 8 nitrogen and oxygen atoms in total. The first-order valence-electron chi connectivity index (χ1n) is 9.80. The number of rotatable bonds is 8. The van der Waals surface area contributed by atoms with Gasteiger partial charge in [0.15, 0.2) is 0 Å². The Morgan fingerprint density at radius 1 is 0.938 bits per heavy atom. The van der Waals surface area contributed by atoms with Crippen molar-refractivity contribution in [2.45, 2.75) is 17.4 Å². The van der Waals surface area contributed by atoms with E-state index in [0.29, 0.717) is 11.5 Å². The van der Waals surface area contributed by atoms with Crippen LogP contribution in [0.5, 0.6) is 11.5 Å². The first-order valence-corrected chi connectivity index (χ1v) is 11.3. The van der Waals surface area contributed by atoms with Gasteiger partial charge in [-0.15, -0.1) is 0 Å². The van der Waals surface area contributed by atoms with Crippen molar-refractivity contribution in [3.63, 3.8) is 0 Å². The lowest BCUT2D eigenvalue weighted by atomic mass is 10.1. The van der Waals surface area contributed by atoms with Gasteiger partial charge in [-0.1, -0.05) is 36.4 Å². The number of para-hydroxylation sites is 2. The average Bonchev–Trinajstić information content (AvgIpc) is 3.22. The van der Waals surface area contributed by atoms with Crippen LogP contribution in [0.2, 0.25) is 0 Å². The molecule has 1 atom stereocenters. The smallest absolute Gasteiger partial charge is 0.261 e. The lowest BCUT2D eigenvalue weighted by molar-refractivity contribution is -0.130. The molecular weight excluding hydrogens is 430 g/mol. The summed E-state index contributed by atoms with van der Waals surface area (Å²) in [6.45, 7) is 0. The zero-order valence-corrected chi connectivity index (χ0v) is 17.7. The summed E-state index contributed by atoms with van der Waals surface area (Å²) in [7, 11) is -4.05. The van der Waals surface area contributed by atoms with Crippen LogP contribution in [-0.4, -0.2) is 30.6 Å². The monoisotopic (exact) mass is 451 g/mol. The Hall–Kier alpha value is -3.66. The number of aromatic nitrogens is 1. The number of aromatic amines is 1. The maximum Gasteiger partial charge on any atom is 0.261 e. The van der Waals surface area contributed by atoms with Crippen LogP contribution in [0, 0.1) is 0 Å². The third-order valence-electron chi connectivity index (χ3n) is 4.94. The predicted molar refractivity (Wildman–Crippen MR) is 119 cm³/mol. The molecule has 32 heavy (non-hydrogen) atoms. The van der Waals surface area contributed by atoms with Gasteiger partial charge in [0, 0.05) is 17.1 Å². The summed E-state index contributed by atoms with van der Waals surface area (Å²) in [4.78, 5) is 15.3. The van der Waals surface area contributed by atoms with Gasteiger partial charge in [0.1, 0.15) is 17.5 Å². The van der Waals surface area contributed by atoms with Crippen molar-refractivity contribution in [3.05, 3.63) is 90.6 Å². The summed E-state index contributed by atoms with van der Waals surface area (Å²) < 4.78 is 33.9. The molecule has 0 saturated carbocycles. The molecule has 1 aromatic heterocycles. The Morgan fingerprint density at radius 3 is 2.31 bits per heavy atom. The maximum absolute atomic E-state index is 12.9. The molecule has 0 spiro atoms. The quantitative estimate of drug-likeness (QED) is 0.242. The number of hydrogen-bond acceptors (Lipinski definition) is 5. The van der Waals surface area contributed by atoms with E-state index in [0.717, 1.165) is 16.5 Å². The Labute approximate surface area is 184 Å². The number of H-pyrrole nitrogens is 1. The molecule has 4 aromatic rings. The fraction of sp³-hybridized carbons (Fsp3) is 0.0870. The fourth-order valence-corrected chi connectivity index (χ4v) is 4.55. The molecule has 0 aliphatic carbocycles. The largest absolute Gasteiger partial charge is 0.457 e. The van der Waals surface area contributed by atoms with Crippen molar-refractivity contribution in [1.29, 1.82) is 0 Å². The molecule has 0 aliphatic heterocycles. The second-order valence-corrected chi connectivity index (χ2v) is 8.81. The third-order valence-corrected chi connectivity index (χ3v) is 6.42. The second kappa shape index (κ2) is 9.23. The summed E-state index contributed by atoms with van der Waals surface area (Å²) in [5.41, 5.74) is 3.14. The van der Waals surface area contributed by atoms with E-state index in [-0.39, 0.29) is 11.3 Å². The lowest BCUT2D eigenvalue weighted by Gasteiger charge is -2.17. The van der Waals surface area contributed by atoms with Crippen molar-refractivity contribution < 1.29 is 23.2 Å². The average molecular weight is 452 g/mol. The molecule has 0 bridgehead atoms. The van der Waals surface area contributed by atoms with E-state index in [1.54, 1.807) is 18.3 Å². The predicted octanol–water partition coefficient (Wildman–Crippen LogP) is 3.36. The number of fused-ring (bicyclic) bond motifs is 1. The highest BCUT2D eigenvalue weighted by Crippen LogP contribution is 2.23. The van der Waals surface area contributed by atoms with Crippen molar-refractivity contribution in [2.75, 3.05) is 0 Å². The molecule has 9 heteroatoms. The minimum absolute atomic E-state index is 0.0346. The number of carbonyl (C=O) groups excluding carboxylic acids is 1. The highest BCUT2D eigenvalue weighted by atomic mass is 32.2. The zero-order chi connectivity index (χ0) is 22.6. The molecular formula is C23H21N3O5S. The minimum Gasteiger partial charge on any atom is -0.457 e. The third kappa shape index (κ3) is 4.80. The number of amides is 1. The fourth-order valence-electron chi connectivity index (χ4n) is 3.35. The first kappa shape index (κ1) is 21.6. The van der Waals surface area contributed by atoms with E-state index >= 15 is 0 Å². The molecule has 0 saturated heterocycles. The molecule has 1 amide bonds. The van der Waals surface area contributed by atoms with Gasteiger partial charge in [-0.05, 0) is 54.4 Å². The summed E-state index contributed by atoms with van der Waals surface area (Å²) in [6.07, 6.45) is 1.76. The van der Waals surface area contributed by atoms with E-state index in [1.165, 1.54) is 29.7 Å². The second-order valence-electron chi connectivity index (χ2n) is 7.10. The van der Waals surface area contributed by atoms with E-state index < -0.39 is 22.0 Å². The standard InChI is InChI=1S/C23H21N3O5S/c27-23(25-28)22(14-16-15-24-21-9-5-4-8-20(16)21)26-32(29,30)19-12-10-18(11-13-19)31-17-6-2-1-3-7-17/h1-13,15,22,24,26,28H,14H2,(H,25,27)/t22-/m1/s1. The molecule has 4 rings (SSSR count). The normalized spacial score (nSPS) is 12.4. The Kier molecular flexibility index (Phi) is 6.22. The topological polar surface area (TPSA) is 121 Å². The summed E-state index contributed by atoms with van der Waals surface area (Å²) >= 11 is 0. The minimum atomic E-state index is -4.05. The van der Waals surface area contributed by atoms with Gasteiger partial charge in [-0.3, -0.25) is 10.0 Å². The van der Waals surface area contributed by atoms with Crippen molar-refractivity contribution in [2.24, 2.45) is 0 Å². The molecule has 0 unspecified atom stereocenters. The number of hydrogen-bond donors (Lipinski definition) is 4. The number of ether oxygens (including phenoxy) is 1. The van der Waals surface area contributed by atoms with Crippen LogP contribution in [0.4, 0.5) is 0 Å². The van der Waals surface area contributed by atoms with Crippen LogP contribution in [0.1, 0.15) is 5.56 Å². The van der Waals surface area contributed by atoms with Crippen molar-refractivity contribution in [1.82, 2.24) is 15.2 Å². The molecule has 0 aliphatic rings. The zero-order valence-electron chi connectivity index (χ0n) is 16.9. The molecule has 164 valence electrons. The van der Waals surface area contributed by atoms with E-state index in [1.807, 2.05) is 42.5 Å². The van der Waals surface area contributed by atoms with Gasteiger partial charge < -0.3 is 9.72 Å². The first-order chi connectivity index (χ1) is 15.5. The van der Waals surface area contributed by atoms with Gasteiger partial charge in [-0.25, -0.2) is 13.9 Å². The Morgan fingerprint density at radius 2 is 1.59 bits per heavy atom. The Balaban J connectivity index is 1.53. The van der Waals surface area contributed by atoms with Crippen LogP contribution in [0.3, 0.4) is 0 Å². The highest BCUT2D eigenvalue weighted by Gasteiger charge is 2.27. The Bertz CT molecular complexity index is 1320. The van der Waals surface area contributed by atoms with Crippen molar-refractivity contribution in [3.8, 4) is 11.5 Å². The number of sulfonamides is 1. The van der Waals surface area contributed by atoms with Gasteiger partial charge in [0.25, 0.3) is 5.91 Å². The number of nitrogens with one attached hydrogen (secondary N) is 3. The number of benzene rings is 3. The molecule has 0 fully saturated rings. The molecule has 1 heterocycles. The van der Waals surface area contributed by atoms with Crippen LogP contribution in [0.25, 0.3) is 10.9 Å². The number of hydroxylamine groups is 1. The van der Waals surface area contributed by atoms with E-state index in [2.05, 4.69) is 9.71 Å². The van der Waals surface area contributed by atoms with Gasteiger partial charge in [0.05, 0.1) is 4.90 Å². The SMILES string of the molecule is O=C(NO)[C@@H](Cc1c[nH]c2ccccc12)NS(=O)(=O)c1ccc(Oc2ccccc2)cc1. The van der Waals surface area contributed by atoms with Gasteiger partial charge in [0.2, 0.25) is 10.0 Å². The van der Waals surface area contributed by atoms with Crippen LogP contribution in [0.15, 0.2) is 90.0 Å². The summed E-state index contributed by atoms with van der Waals surface area (Å²) in [5, 5.41) is 10.00. The molecule has 0 radical (unpaired) electrons. The van der Waals surface area contributed by atoms with Crippen LogP contribution >= 0.6 is 0 Å². The van der Waals surface area contributed by atoms with E-state index in [9.17, 15) is 13.2 Å². The van der Waals surface area contributed by atoms with Crippen LogP contribution < -0.4 is 14.9 Å². The highest BCUT2D eigenvalue weighted by molar-refractivity contribution is 7.89.